The lowest BCUT2D eigenvalue weighted by Gasteiger charge is -2.20. The zero-order chi connectivity index (χ0) is 22.1. The molecule has 0 saturated carbocycles. The molecule has 3 aromatic rings. The van der Waals surface area contributed by atoms with Gasteiger partial charge in [0.25, 0.3) is 5.91 Å². The second kappa shape index (κ2) is 8.19. The lowest BCUT2D eigenvalue weighted by Crippen LogP contribution is -2.25. The summed E-state index contributed by atoms with van der Waals surface area (Å²) in [5, 5.41) is 0. The fraction of sp³-hybridized carbons (Fsp3) is 0.160. The quantitative estimate of drug-likeness (QED) is 0.590. The molecule has 7 nitrogen and oxygen atoms in total. The van der Waals surface area contributed by atoms with Gasteiger partial charge in [-0.3, -0.25) is 4.79 Å². The number of benzene rings is 3. The highest BCUT2D eigenvalue weighted by Crippen LogP contribution is 2.32. The van der Waals surface area contributed by atoms with Crippen molar-refractivity contribution in [3.05, 3.63) is 89.0 Å². The number of aliphatic imine (C=N–C) groups is 1. The first-order chi connectivity index (χ1) is 15.6. The van der Waals surface area contributed by atoms with Crippen molar-refractivity contribution < 1.29 is 23.8 Å². The Morgan fingerprint density at radius 1 is 0.906 bits per heavy atom. The largest absolute Gasteiger partial charge is 0.486 e. The number of rotatable bonds is 3. The summed E-state index contributed by atoms with van der Waals surface area (Å²) in [5.41, 5.74) is 3.67. The number of methoxy groups -OCH3 is 1. The molecule has 0 radical (unpaired) electrons. The second-order valence-corrected chi connectivity index (χ2v) is 7.38. The highest BCUT2D eigenvalue weighted by Gasteiger charge is 2.28. The Labute approximate surface area is 184 Å². The Hall–Kier alpha value is -4.13. The molecule has 2 aliphatic rings. The molecule has 0 bridgehead atoms. The number of hydrogen-bond donors (Lipinski definition) is 0. The maximum atomic E-state index is 13.1. The van der Waals surface area contributed by atoms with Crippen LogP contribution in [0.4, 0.5) is 5.69 Å². The Morgan fingerprint density at radius 2 is 1.62 bits per heavy atom. The number of carbonyl (C=O) groups excluding carboxylic acids is 2. The van der Waals surface area contributed by atoms with Crippen molar-refractivity contribution in [3.63, 3.8) is 0 Å². The van der Waals surface area contributed by atoms with E-state index in [0.717, 1.165) is 16.8 Å². The summed E-state index contributed by atoms with van der Waals surface area (Å²) in [5.74, 6) is 0.962. The Kier molecular flexibility index (Phi) is 5.07. The molecule has 0 aromatic heterocycles. The zero-order valence-corrected chi connectivity index (χ0v) is 17.4. The molecule has 0 fully saturated rings. The number of hydrogen-bond acceptors (Lipinski definition) is 5. The molecule has 2 aliphatic heterocycles. The van der Waals surface area contributed by atoms with Crippen molar-refractivity contribution in [1.82, 2.24) is 0 Å². The smallest absolute Gasteiger partial charge is 0.337 e. The lowest BCUT2D eigenvalue weighted by molar-refractivity contribution is 0.0600. The van der Waals surface area contributed by atoms with Gasteiger partial charge in [0, 0.05) is 16.8 Å². The van der Waals surface area contributed by atoms with Crippen molar-refractivity contribution >= 4 is 23.4 Å². The molecular formula is C25H20N2O5. The molecule has 0 aliphatic carbocycles. The van der Waals surface area contributed by atoms with E-state index in [4.69, 9.17) is 14.2 Å². The van der Waals surface area contributed by atoms with E-state index in [2.05, 4.69) is 4.99 Å². The summed E-state index contributed by atoms with van der Waals surface area (Å²) < 4.78 is 15.9. The van der Waals surface area contributed by atoms with E-state index < -0.39 is 5.97 Å². The number of esters is 1. The Balaban J connectivity index is 1.51. The van der Waals surface area contributed by atoms with Gasteiger partial charge in [-0.1, -0.05) is 24.3 Å². The van der Waals surface area contributed by atoms with E-state index in [1.807, 2.05) is 41.3 Å². The third-order valence-electron chi connectivity index (χ3n) is 5.44. The van der Waals surface area contributed by atoms with Crippen molar-refractivity contribution in [2.45, 2.75) is 6.54 Å². The molecule has 2 heterocycles. The Morgan fingerprint density at radius 3 is 2.41 bits per heavy atom. The van der Waals surface area contributed by atoms with Crippen LogP contribution in [0, 0.1) is 0 Å². The van der Waals surface area contributed by atoms with Crippen LogP contribution in [-0.2, 0) is 11.3 Å². The van der Waals surface area contributed by atoms with Gasteiger partial charge in [-0.15, -0.1) is 0 Å². The van der Waals surface area contributed by atoms with E-state index in [-0.39, 0.29) is 5.91 Å². The summed E-state index contributed by atoms with van der Waals surface area (Å²) in [4.78, 5) is 31.3. The van der Waals surface area contributed by atoms with Gasteiger partial charge in [-0.05, 0) is 48.0 Å². The Bertz CT molecular complexity index is 1230. The predicted octanol–water partition coefficient (Wildman–Crippen LogP) is 3.85. The summed E-state index contributed by atoms with van der Waals surface area (Å²) in [6.07, 6.45) is 0. The molecular weight excluding hydrogens is 408 g/mol. The first kappa shape index (κ1) is 19.8. The van der Waals surface area contributed by atoms with E-state index >= 15 is 0 Å². The van der Waals surface area contributed by atoms with Gasteiger partial charge in [0.15, 0.2) is 11.5 Å². The first-order valence-electron chi connectivity index (χ1n) is 10.2. The molecule has 7 heteroatoms. The van der Waals surface area contributed by atoms with Crippen LogP contribution < -0.4 is 14.4 Å². The van der Waals surface area contributed by atoms with Crippen LogP contribution in [0.3, 0.4) is 0 Å². The van der Waals surface area contributed by atoms with E-state index in [1.165, 1.54) is 7.11 Å². The molecule has 32 heavy (non-hydrogen) atoms. The first-order valence-corrected chi connectivity index (χ1v) is 10.2. The van der Waals surface area contributed by atoms with Crippen LogP contribution in [0.15, 0.2) is 71.7 Å². The maximum Gasteiger partial charge on any atom is 0.337 e. The zero-order valence-electron chi connectivity index (χ0n) is 17.4. The van der Waals surface area contributed by atoms with Crippen molar-refractivity contribution in [2.24, 2.45) is 4.99 Å². The second-order valence-electron chi connectivity index (χ2n) is 7.38. The monoisotopic (exact) mass is 428 g/mol. The molecule has 3 aromatic carbocycles. The minimum absolute atomic E-state index is 0.371. The standard InChI is InChI=1S/C25H20N2O5/c1-30-25(29)16-6-9-19(10-7-16)27-15-18-4-2-3-5-20(18)23(27)26-24(28)17-8-11-21-22(14-17)32-13-12-31-21/h2-11,14H,12-13,15H2,1H3. The van der Waals surface area contributed by atoms with E-state index in [0.29, 0.717) is 48.2 Å². The summed E-state index contributed by atoms with van der Waals surface area (Å²) in [6, 6.07) is 20.0. The number of fused-ring (bicyclic) bond motifs is 2. The number of nitrogens with zero attached hydrogens (tertiary/aromatic N) is 2. The average molecular weight is 428 g/mol. The third kappa shape index (κ3) is 3.58. The number of amides is 1. The number of carbonyl (C=O) groups is 2. The number of ether oxygens (including phenoxy) is 3. The fourth-order valence-electron chi connectivity index (χ4n) is 3.83. The molecule has 160 valence electrons. The number of anilines is 1. The highest BCUT2D eigenvalue weighted by atomic mass is 16.6. The van der Waals surface area contributed by atoms with Gasteiger partial charge >= 0.3 is 5.97 Å². The van der Waals surface area contributed by atoms with Gasteiger partial charge in [0.05, 0.1) is 19.2 Å². The van der Waals surface area contributed by atoms with Crippen molar-refractivity contribution in [1.29, 1.82) is 0 Å². The van der Waals surface area contributed by atoms with Crippen LogP contribution in [0.25, 0.3) is 0 Å². The lowest BCUT2D eigenvalue weighted by atomic mass is 10.1. The third-order valence-corrected chi connectivity index (χ3v) is 5.44. The molecule has 5 rings (SSSR count). The van der Waals surface area contributed by atoms with Crippen LogP contribution >= 0.6 is 0 Å². The van der Waals surface area contributed by atoms with Gasteiger partial charge in [0.1, 0.15) is 19.0 Å². The van der Waals surface area contributed by atoms with Gasteiger partial charge in [0.2, 0.25) is 0 Å². The predicted molar refractivity (Wildman–Crippen MR) is 119 cm³/mol. The number of amidine groups is 1. The topological polar surface area (TPSA) is 77.4 Å². The molecule has 0 spiro atoms. The van der Waals surface area contributed by atoms with Gasteiger partial charge < -0.3 is 19.1 Å². The minimum Gasteiger partial charge on any atom is -0.486 e. The van der Waals surface area contributed by atoms with Crippen molar-refractivity contribution in [2.75, 3.05) is 25.2 Å². The maximum absolute atomic E-state index is 13.1. The van der Waals surface area contributed by atoms with Crippen LogP contribution in [-0.4, -0.2) is 38.0 Å². The van der Waals surface area contributed by atoms with Gasteiger partial charge in [-0.25, -0.2) is 4.79 Å². The normalized spacial score (nSPS) is 15.4. The SMILES string of the molecule is COC(=O)c1ccc(N2Cc3ccccc3C2=NC(=O)c2ccc3c(c2)OCCO3)cc1. The fourth-order valence-corrected chi connectivity index (χ4v) is 3.83. The molecule has 0 atom stereocenters. The van der Waals surface area contributed by atoms with E-state index in [1.54, 1.807) is 30.3 Å². The molecule has 0 saturated heterocycles. The summed E-state index contributed by atoms with van der Waals surface area (Å²) in [7, 11) is 1.35. The minimum atomic E-state index is -0.399. The van der Waals surface area contributed by atoms with Crippen molar-refractivity contribution in [3.8, 4) is 11.5 Å². The van der Waals surface area contributed by atoms with E-state index in [9.17, 15) is 9.59 Å². The van der Waals surface area contributed by atoms with Crippen LogP contribution in [0.1, 0.15) is 31.8 Å². The molecule has 0 unspecified atom stereocenters. The molecule has 1 amide bonds. The van der Waals surface area contributed by atoms with Crippen LogP contribution in [0.2, 0.25) is 0 Å². The summed E-state index contributed by atoms with van der Waals surface area (Å²) in [6.45, 7) is 1.51. The highest BCUT2D eigenvalue weighted by molar-refractivity contribution is 6.19. The molecule has 0 N–H and O–H groups in total. The summed E-state index contributed by atoms with van der Waals surface area (Å²) >= 11 is 0. The van der Waals surface area contributed by atoms with Crippen LogP contribution in [0.5, 0.6) is 11.5 Å². The average Bonchev–Trinajstić information content (AvgIpc) is 3.21. The van der Waals surface area contributed by atoms with Gasteiger partial charge in [-0.2, -0.15) is 4.99 Å².